The largest absolute Gasteiger partial charge is 0.475 e. The van der Waals surface area contributed by atoms with Gasteiger partial charge in [0.2, 0.25) is 17.6 Å². The molecular weight excluding hydrogens is 581 g/mol. The van der Waals surface area contributed by atoms with E-state index in [0.717, 1.165) is 32.1 Å². The number of imidazole rings is 1. The minimum absolute atomic E-state index is 0.0299. The second kappa shape index (κ2) is 13.7. The maximum Gasteiger partial charge on any atom is 0.407 e. The van der Waals surface area contributed by atoms with Gasteiger partial charge in [-0.3, -0.25) is 9.59 Å². The van der Waals surface area contributed by atoms with Crippen molar-refractivity contribution in [3.05, 3.63) is 24.0 Å². The SMILES string of the molecule is CC(C)(C)OC(=O)N[C@@H](CF)[C@H]1CC[C@H](C(=O)N2CC[C@@H](C3CCCCC3)[C@H]2C(=O)Nc2ccc3[nH]c(C(=O)O)nc3c2)CC1. The van der Waals surface area contributed by atoms with E-state index in [1.165, 1.54) is 6.42 Å². The molecule has 3 amide bonds. The Balaban J connectivity index is 1.27. The molecule has 0 radical (unpaired) electrons. The van der Waals surface area contributed by atoms with Gasteiger partial charge in [0.25, 0.3) is 0 Å². The smallest absolute Gasteiger partial charge is 0.407 e. The summed E-state index contributed by atoms with van der Waals surface area (Å²) in [5.41, 5.74) is 0.791. The molecule has 45 heavy (non-hydrogen) atoms. The molecule has 4 N–H and O–H groups in total. The quantitative estimate of drug-likeness (QED) is 0.294. The number of carboxylic acids is 1. The van der Waals surface area contributed by atoms with Crippen LogP contribution in [0, 0.1) is 23.7 Å². The number of halogens is 1. The molecule has 3 fully saturated rings. The van der Waals surface area contributed by atoms with Gasteiger partial charge in [0, 0.05) is 18.2 Å². The van der Waals surface area contributed by atoms with Crippen LogP contribution in [0.15, 0.2) is 18.2 Å². The average Bonchev–Trinajstić information content (AvgIpc) is 3.64. The Bertz CT molecular complexity index is 1390. The van der Waals surface area contributed by atoms with Crippen molar-refractivity contribution in [3.63, 3.8) is 0 Å². The molecular formula is C33H46FN5O6. The molecule has 246 valence electrons. The number of likely N-dealkylation sites (tertiary alicyclic amines) is 1. The third-order valence-corrected chi connectivity index (χ3v) is 9.76. The summed E-state index contributed by atoms with van der Waals surface area (Å²) in [6, 6.07) is 3.75. The highest BCUT2D eigenvalue weighted by Gasteiger charge is 2.47. The van der Waals surface area contributed by atoms with Crippen molar-refractivity contribution >= 4 is 40.6 Å². The summed E-state index contributed by atoms with van der Waals surface area (Å²) in [5.74, 6) is -1.54. The van der Waals surface area contributed by atoms with E-state index in [4.69, 9.17) is 4.74 Å². The van der Waals surface area contributed by atoms with E-state index in [1.54, 1.807) is 43.9 Å². The van der Waals surface area contributed by atoms with Gasteiger partial charge in [-0.1, -0.05) is 32.1 Å². The van der Waals surface area contributed by atoms with Gasteiger partial charge in [-0.25, -0.2) is 19.0 Å². The average molecular weight is 628 g/mol. The standard InChI is InChI=1S/C33H46FN5O6/c1-33(2,3)45-32(44)38-26(18-34)20-9-11-21(12-10-20)30(41)39-16-15-23(19-7-5-4-6-8-19)27(39)29(40)35-22-13-14-24-25(17-22)37-28(36-24)31(42)43/h13-14,17,19-21,23,26-27H,4-12,15-16,18H2,1-3H3,(H,35,40)(H,36,37)(H,38,44)(H,42,43)/t20-,21-,23-,26-,27-/m0/s1. The zero-order valence-corrected chi connectivity index (χ0v) is 26.4. The maximum atomic E-state index is 14.0. The predicted molar refractivity (Wildman–Crippen MR) is 166 cm³/mol. The number of amides is 3. The predicted octanol–water partition coefficient (Wildman–Crippen LogP) is 5.67. The molecule has 2 aliphatic carbocycles. The molecule has 0 bridgehead atoms. The number of nitrogens with zero attached hydrogens (tertiary/aromatic N) is 2. The van der Waals surface area contributed by atoms with Gasteiger partial charge in [-0.2, -0.15) is 0 Å². The molecule has 12 heteroatoms. The number of carbonyl (C=O) groups excluding carboxylic acids is 3. The lowest BCUT2D eigenvalue weighted by Gasteiger charge is -2.37. The number of hydrogen-bond acceptors (Lipinski definition) is 6. The molecule has 0 spiro atoms. The number of rotatable bonds is 8. The van der Waals surface area contributed by atoms with Crippen LogP contribution < -0.4 is 10.6 Å². The number of H-pyrrole nitrogens is 1. The van der Waals surface area contributed by atoms with Gasteiger partial charge in [-0.05, 0) is 88.8 Å². The Morgan fingerprint density at radius 1 is 1.07 bits per heavy atom. The summed E-state index contributed by atoms with van der Waals surface area (Å²) in [5, 5.41) is 15.0. The van der Waals surface area contributed by atoms with Crippen molar-refractivity contribution in [2.45, 2.75) is 103 Å². The van der Waals surface area contributed by atoms with Crippen molar-refractivity contribution in [3.8, 4) is 0 Å². The minimum Gasteiger partial charge on any atom is -0.475 e. The van der Waals surface area contributed by atoms with Crippen molar-refractivity contribution in [1.82, 2.24) is 20.2 Å². The number of aromatic amines is 1. The van der Waals surface area contributed by atoms with Crippen LogP contribution in [-0.4, -0.2) is 74.8 Å². The van der Waals surface area contributed by atoms with Crippen LogP contribution in [0.5, 0.6) is 0 Å². The molecule has 1 saturated heterocycles. The fraction of sp³-hybridized carbons (Fsp3) is 0.667. The number of ether oxygens (including phenoxy) is 1. The summed E-state index contributed by atoms with van der Waals surface area (Å²) in [6.45, 7) is 5.08. The Hall–Kier alpha value is -3.70. The van der Waals surface area contributed by atoms with Gasteiger partial charge in [0.1, 0.15) is 18.3 Å². The fourth-order valence-corrected chi connectivity index (χ4v) is 7.60. The first kappa shape index (κ1) is 32.7. The van der Waals surface area contributed by atoms with Gasteiger partial charge in [0.05, 0.1) is 17.1 Å². The van der Waals surface area contributed by atoms with E-state index in [1.807, 2.05) is 0 Å². The third-order valence-electron chi connectivity index (χ3n) is 9.76. The van der Waals surface area contributed by atoms with E-state index in [9.17, 15) is 28.7 Å². The molecule has 3 aliphatic rings. The third kappa shape index (κ3) is 7.76. The lowest BCUT2D eigenvalue weighted by molar-refractivity contribution is -0.142. The number of hydrogen-bond donors (Lipinski definition) is 4. The second-order valence-corrected chi connectivity index (χ2v) is 14.0. The molecule has 1 aliphatic heterocycles. The van der Waals surface area contributed by atoms with E-state index in [-0.39, 0.29) is 35.4 Å². The minimum atomic E-state index is -1.17. The Morgan fingerprint density at radius 2 is 1.78 bits per heavy atom. The zero-order valence-electron chi connectivity index (χ0n) is 26.4. The number of anilines is 1. The molecule has 2 saturated carbocycles. The van der Waals surface area contributed by atoms with Gasteiger partial charge in [-0.15, -0.1) is 0 Å². The number of aromatic carboxylic acids is 1. The number of carbonyl (C=O) groups is 4. The summed E-state index contributed by atoms with van der Waals surface area (Å²) in [6.07, 6.45) is 8.00. The first-order valence-corrected chi connectivity index (χ1v) is 16.3. The number of aromatic nitrogens is 2. The molecule has 0 unspecified atom stereocenters. The summed E-state index contributed by atoms with van der Waals surface area (Å²) < 4.78 is 19.3. The number of fused-ring (bicyclic) bond motifs is 1. The first-order chi connectivity index (χ1) is 21.4. The number of benzene rings is 1. The summed E-state index contributed by atoms with van der Waals surface area (Å²) >= 11 is 0. The van der Waals surface area contributed by atoms with Gasteiger partial charge < -0.3 is 30.4 Å². The Morgan fingerprint density at radius 3 is 2.42 bits per heavy atom. The topological polar surface area (TPSA) is 154 Å². The normalized spacial score (nSPS) is 25.1. The lowest BCUT2D eigenvalue weighted by Crippen LogP contribution is -2.50. The van der Waals surface area contributed by atoms with Crippen molar-refractivity contribution in [1.29, 1.82) is 0 Å². The number of nitrogens with one attached hydrogen (secondary N) is 3. The highest BCUT2D eigenvalue weighted by atomic mass is 19.1. The van der Waals surface area contributed by atoms with E-state index < -0.39 is 36.4 Å². The van der Waals surface area contributed by atoms with Crippen LogP contribution in [0.4, 0.5) is 14.9 Å². The summed E-state index contributed by atoms with van der Waals surface area (Å²) in [4.78, 5) is 60.2. The molecule has 3 atom stereocenters. The fourth-order valence-electron chi connectivity index (χ4n) is 7.60. The zero-order chi connectivity index (χ0) is 32.3. The highest BCUT2D eigenvalue weighted by Crippen LogP contribution is 2.41. The molecule has 2 aromatic rings. The van der Waals surface area contributed by atoms with Gasteiger partial charge in [0.15, 0.2) is 0 Å². The molecule has 1 aromatic heterocycles. The summed E-state index contributed by atoms with van der Waals surface area (Å²) in [7, 11) is 0. The Labute approximate surface area is 263 Å². The van der Waals surface area contributed by atoms with E-state index in [0.29, 0.717) is 54.9 Å². The number of alkyl halides is 1. The second-order valence-electron chi connectivity index (χ2n) is 14.0. The first-order valence-electron chi connectivity index (χ1n) is 16.3. The number of alkyl carbamates (subject to hydrolysis) is 1. The van der Waals surface area contributed by atoms with E-state index in [2.05, 4.69) is 20.6 Å². The van der Waals surface area contributed by atoms with Gasteiger partial charge >= 0.3 is 12.1 Å². The monoisotopic (exact) mass is 627 g/mol. The van der Waals surface area contributed by atoms with Crippen LogP contribution in [-0.2, 0) is 14.3 Å². The molecule has 11 nitrogen and oxygen atoms in total. The van der Waals surface area contributed by atoms with Crippen molar-refractivity contribution in [2.24, 2.45) is 23.7 Å². The molecule has 1 aromatic carbocycles. The maximum absolute atomic E-state index is 14.0. The van der Waals surface area contributed by atoms with Crippen LogP contribution in [0.2, 0.25) is 0 Å². The van der Waals surface area contributed by atoms with Crippen molar-refractivity contribution < 1.29 is 33.4 Å². The molecule has 2 heterocycles. The lowest BCUT2D eigenvalue weighted by atomic mass is 9.76. The Kier molecular flexibility index (Phi) is 9.98. The van der Waals surface area contributed by atoms with Crippen LogP contribution in [0.1, 0.15) is 95.6 Å². The molecule has 5 rings (SSSR count). The van der Waals surface area contributed by atoms with E-state index >= 15 is 0 Å². The highest BCUT2D eigenvalue weighted by molar-refractivity contribution is 5.99. The van der Waals surface area contributed by atoms with Crippen LogP contribution in [0.3, 0.4) is 0 Å². The number of carboxylic acid groups (broad SMARTS) is 1. The van der Waals surface area contributed by atoms with Crippen molar-refractivity contribution in [2.75, 3.05) is 18.5 Å². The van der Waals surface area contributed by atoms with Crippen LogP contribution in [0.25, 0.3) is 11.0 Å². The van der Waals surface area contributed by atoms with Crippen LogP contribution >= 0.6 is 0 Å².